The molecule has 0 aliphatic carbocycles. The van der Waals surface area contributed by atoms with Crippen LogP contribution in [-0.2, 0) is 0 Å². The van der Waals surface area contributed by atoms with Gasteiger partial charge in [0.15, 0.2) is 11.5 Å². The van der Waals surface area contributed by atoms with Crippen molar-refractivity contribution < 1.29 is 14.6 Å². The molecule has 4 heteroatoms. The van der Waals surface area contributed by atoms with Gasteiger partial charge in [-0.1, -0.05) is 0 Å². The fourth-order valence-corrected chi connectivity index (χ4v) is 1.82. The molecule has 4 nitrogen and oxygen atoms in total. The van der Waals surface area contributed by atoms with Crippen LogP contribution in [0.2, 0.25) is 0 Å². The summed E-state index contributed by atoms with van der Waals surface area (Å²) in [6.07, 6.45) is 0.706. The van der Waals surface area contributed by atoms with Crippen LogP contribution in [-0.4, -0.2) is 38.5 Å². The van der Waals surface area contributed by atoms with Gasteiger partial charge in [0.05, 0.1) is 14.2 Å². The highest BCUT2D eigenvalue weighted by Crippen LogP contribution is 2.33. The number of nitrogens with zero attached hydrogens (tertiary/aromatic N) is 1. The predicted octanol–water partition coefficient (Wildman–Crippen LogP) is 2.30. The molecule has 102 valence electrons. The molecular formula is C14H23NO3. The van der Waals surface area contributed by atoms with Crippen molar-refractivity contribution >= 4 is 5.69 Å². The fourth-order valence-electron chi connectivity index (χ4n) is 1.82. The second kappa shape index (κ2) is 5.96. The van der Waals surface area contributed by atoms with E-state index >= 15 is 0 Å². The van der Waals surface area contributed by atoms with Gasteiger partial charge in [0, 0.05) is 30.9 Å². The number of benzene rings is 1. The zero-order chi connectivity index (χ0) is 13.8. The largest absolute Gasteiger partial charge is 0.493 e. The summed E-state index contributed by atoms with van der Waals surface area (Å²) in [6, 6.07) is 5.82. The first-order valence-electron chi connectivity index (χ1n) is 6.03. The molecule has 0 aliphatic heterocycles. The van der Waals surface area contributed by atoms with Gasteiger partial charge in [-0.15, -0.1) is 0 Å². The van der Waals surface area contributed by atoms with Crippen molar-refractivity contribution in [3.63, 3.8) is 0 Å². The van der Waals surface area contributed by atoms with E-state index in [4.69, 9.17) is 14.6 Å². The number of aliphatic hydroxyl groups excluding tert-OH is 1. The monoisotopic (exact) mass is 253 g/mol. The van der Waals surface area contributed by atoms with Crippen LogP contribution in [0, 0.1) is 0 Å². The van der Waals surface area contributed by atoms with Gasteiger partial charge in [-0.3, -0.25) is 0 Å². The molecule has 1 aromatic carbocycles. The van der Waals surface area contributed by atoms with Gasteiger partial charge < -0.3 is 19.5 Å². The third-order valence-corrected chi connectivity index (χ3v) is 3.39. The molecule has 0 unspecified atom stereocenters. The maximum Gasteiger partial charge on any atom is 0.162 e. The number of hydrogen-bond donors (Lipinski definition) is 1. The molecule has 0 heterocycles. The maximum atomic E-state index is 9.11. The summed E-state index contributed by atoms with van der Waals surface area (Å²) in [5.74, 6) is 1.43. The maximum absolute atomic E-state index is 9.11. The molecule has 0 fully saturated rings. The second-order valence-corrected chi connectivity index (χ2v) is 4.88. The molecule has 0 aliphatic rings. The molecule has 1 rings (SSSR count). The van der Waals surface area contributed by atoms with E-state index in [9.17, 15) is 0 Å². The summed E-state index contributed by atoms with van der Waals surface area (Å²) in [6.45, 7) is 4.37. The van der Waals surface area contributed by atoms with Crippen LogP contribution in [0.25, 0.3) is 0 Å². The highest BCUT2D eigenvalue weighted by Gasteiger charge is 2.23. The average molecular weight is 253 g/mol. The van der Waals surface area contributed by atoms with Crippen molar-refractivity contribution in [1.82, 2.24) is 0 Å². The zero-order valence-electron chi connectivity index (χ0n) is 11.9. The van der Waals surface area contributed by atoms with Crippen LogP contribution in [0.4, 0.5) is 5.69 Å². The minimum Gasteiger partial charge on any atom is -0.493 e. The molecule has 0 atom stereocenters. The van der Waals surface area contributed by atoms with Crippen LogP contribution in [0.5, 0.6) is 11.5 Å². The molecule has 0 spiro atoms. The normalized spacial score (nSPS) is 11.2. The molecule has 0 bridgehead atoms. The number of rotatable bonds is 6. The molecular weight excluding hydrogens is 230 g/mol. The lowest BCUT2D eigenvalue weighted by atomic mass is 9.98. The van der Waals surface area contributed by atoms with Crippen molar-refractivity contribution in [3.8, 4) is 11.5 Å². The van der Waals surface area contributed by atoms with Gasteiger partial charge in [0.2, 0.25) is 0 Å². The smallest absolute Gasteiger partial charge is 0.162 e. The first kappa shape index (κ1) is 14.6. The Morgan fingerprint density at radius 3 is 2.28 bits per heavy atom. The lowest BCUT2D eigenvalue weighted by molar-refractivity contribution is 0.250. The van der Waals surface area contributed by atoms with E-state index in [0.29, 0.717) is 12.2 Å². The minimum atomic E-state index is -0.117. The van der Waals surface area contributed by atoms with E-state index in [0.717, 1.165) is 11.4 Å². The van der Waals surface area contributed by atoms with Gasteiger partial charge in [-0.05, 0) is 32.4 Å². The van der Waals surface area contributed by atoms with Gasteiger partial charge in [-0.25, -0.2) is 0 Å². The zero-order valence-corrected chi connectivity index (χ0v) is 11.9. The van der Waals surface area contributed by atoms with E-state index < -0.39 is 0 Å². The SMILES string of the molecule is COc1ccc(N(C)C(C)(C)CCO)cc1OC. The summed E-state index contributed by atoms with van der Waals surface area (Å²) >= 11 is 0. The third kappa shape index (κ3) is 3.07. The van der Waals surface area contributed by atoms with E-state index in [1.54, 1.807) is 14.2 Å². The van der Waals surface area contributed by atoms with Crippen LogP contribution < -0.4 is 14.4 Å². The van der Waals surface area contributed by atoms with Crippen molar-refractivity contribution in [1.29, 1.82) is 0 Å². The first-order valence-corrected chi connectivity index (χ1v) is 6.03. The molecule has 18 heavy (non-hydrogen) atoms. The van der Waals surface area contributed by atoms with Gasteiger partial charge in [-0.2, -0.15) is 0 Å². The van der Waals surface area contributed by atoms with Crippen LogP contribution >= 0.6 is 0 Å². The lowest BCUT2D eigenvalue weighted by Crippen LogP contribution is -2.41. The topological polar surface area (TPSA) is 41.9 Å². The summed E-state index contributed by atoms with van der Waals surface area (Å²) in [5.41, 5.74) is 0.917. The Bertz CT molecular complexity index is 391. The summed E-state index contributed by atoms with van der Waals surface area (Å²) < 4.78 is 10.5. The van der Waals surface area contributed by atoms with E-state index in [-0.39, 0.29) is 12.1 Å². The Morgan fingerprint density at radius 2 is 1.78 bits per heavy atom. The molecule has 1 aromatic rings. The Hall–Kier alpha value is -1.42. The summed E-state index contributed by atoms with van der Waals surface area (Å²) in [7, 11) is 5.26. The average Bonchev–Trinajstić information content (AvgIpc) is 2.36. The lowest BCUT2D eigenvalue weighted by Gasteiger charge is -2.37. The number of aliphatic hydroxyl groups is 1. The number of anilines is 1. The number of methoxy groups -OCH3 is 2. The summed E-state index contributed by atoms with van der Waals surface area (Å²) in [4.78, 5) is 2.13. The van der Waals surface area contributed by atoms with E-state index in [1.807, 2.05) is 25.2 Å². The van der Waals surface area contributed by atoms with Gasteiger partial charge in [0.25, 0.3) is 0 Å². The number of ether oxygens (including phenoxy) is 2. The van der Waals surface area contributed by atoms with Crippen LogP contribution in [0.1, 0.15) is 20.3 Å². The van der Waals surface area contributed by atoms with Crippen LogP contribution in [0.15, 0.2) is 18.2 Å². The minimum absolute atomic E-state index is 0.117. The molecule has 0 saturated heterocycles. The molecule has 0 aromatic heterocycles. The van der Waals surface area contributed by atoms with Crippen molar-refractivity contribution in [2.24, 2.45) is 0 Å². The highest BCUT2D eigenvalue weighted by molar-refractivity contribution is 5.57. The molecule has 0 radical (unpaired) electrons. The fraction of sp³-hybridized carbons (Fsp3) is 0.571. The van der Waals surface area contributed by atoms with Crippen molar-refractivity contribution in [2.45, 2.75) is 25.8 Å². The standard InChI is InChI=1S/C14H23NO3/c1-14(2,8-9-16)15(3)11-6-7-12(17-4)13(10-11)18-5/h6-7,10,16H,8-9H2,1-5H3. The molecule has 0 amide bonds. The van der Waals surface area contributed by atoms with Crippen molar-refractivity contribution in [2.75, 3.05) is 32.8 Å². The molecule has 1 N–H and O–H groups in total. The Labute approximate surface area is 109 Å². The van der Waals surface area contributed by atoms with E-state index in [2.05, 4.69) is 18.7 Å². The summed E-state index contributed by atoms with van der Waals surface area (Å²) in [5, 5.41) is 9.11. The number of hydrogen-bond acceptors (Lipinski definition) is 4. The second-order valence-electron chi connectivity index (χ2n) is 4.88. The third-order valence-electron chi connectivity index (χ3n) is 3.39. The van der Waals surface area contributed by atoms with Crippen LogP contribution in [0.3, 0.4) is 0 Å². The Balaban J connectivity index is 3.03. The first-order chi connectivity index (χ1) is 8.46. The van der Waals surface area contributed by atoms with Gasteiger partial charge in [0.1, 0.15) is 0 Å². The van der Waals surface area contributed by atoms with E-state index in [1.165, 1.54) is 0 Å². The predicted molar refractivity (Wildman–Crippen MR) is 73.7 cm³/mol. The van der Waals surface area contributed by atoms with Crippen molar-refractivity contribution in [3.05, 3.63) is 18.2 Å². The quantitative estimate of drug-likeness (QED) is 0.844. The Kier molecular flexibility index (Phi) is 4.84. The molecule has 0 saturated carbocycles. The highest BCUT2D eigenvalue weighted by atomic mass is 16.5. The van der Waals surface area contributed by atoms with Gasteiger partial charge >= 0.3 is 0 Å². The Morgan fingerprint density at radius 1 is 1.17 bits per heavy atom.